The maximum atomic E-state index is 8.69. The van der Waals surface area contributed by atoms with Crippen LogP contribution in [0.25, 0.3) is 0 Å². The zero-order valence-corrected chi connectivity index (χ0v) is 13.5. The Balaban J connectivity index is 1.34. The van der Waals surface area contributed by atoms with Gasteiger partial charge in [0.15, 0.2) is 5.69 Å². The molecule has 8 heteroatoms. The van der Waals surface area contributed by atoms with E-state index in [2.05, 4.69) is 35.1 Å². The number of rotatable bonds is 6. The Morgan fingerprint density at radius 3 is 2.50 bits per heavy atom. The second-order valence-corrected chi connectivity index (χ2v) is 5.56. The molecule has 0 unspecified atom stereocenters. The van der Waals surface area contributed by atoms with Crippen LogP contribution in [0, 0.1) is 11.3 Å². The topological polar surface area (TPSA) is 93.9 Å². The third kappa shape index (κ3) is 4.36. The summed E-state index contributed by atoms with van der Waals surface area (Å²) in [6, 6.07) is 3.80. The third-order valence-electron chi connectivity index (χ3n) is 3.93. The molecule has 0 atom stereocenters. The van der Waals surface area contributed by atoms with Gasteiger partial charge in [-0.3, -0.25) is 4.90 Å². The highest BCUT2D eigenvalue weighted by atomic mass is 15.3. The molecule has 0 saturated carbocycles. The van der Waals surface area contributed by atoms with Gasteiger partial charge < -0.3 is 10.2 Å². The highest BCUT2D eigenvalue weighted by molar-refractivity contribution is 5.33. The fourth-order valence-electron chi connectivity index (χ4n) is 2.62. The van der Waals surface area contributed by atoms with Gasteiger partial charge in [-0.05, 0) is 19.0 Å². The van der Waals surface area contributed by atoms with Gasteiger partial charge >= 0.3 is 0 Å². The maximum absolute atomic E-state index is 8.69. The monoisotopic (exact) mass is 324 g/mol. The Bertz CT molecular complexity index is 659. The van der Waals surface area contributed by atoms with Crippen molar-refractivity contribution in [3.05, 3.63) is 36.5 Å². The molecular formula is C16H20N8. The van der Waals surface area contributed by atoms with Crippen molar-refractivity contribution >= 4 is 11.8 Å². The molecule has 0 aromatic carbocycles. The van der Waals surface area contributed by atoms with Crippen LogP contribution in [-0.4, -0.2) is 64.1 Å². The normalized spacial score (nSPS) is 15.0. The van der Waals surface area contributed by atoms with E-state index in [0.717, 1.165) is 51.6 Å². The Morgan fingerprint density at radius 2 is 1.83 bits per heavy atom. The number of nitrogens with zero attached hydrogens (tertiary/aromatic N) is 7. The van der Waals surface area contributed by atoms with E-state index in [1.807, 2.05) is 12.1 Å². The largest absolute Gasteiger partial charge is 0.369 e. The predicted molar refractivity (Wildman–Crippen MR) is 90.5 cm³/mol. The van der Waals surface area contributed by atoms with Crippen LogP contribution < -0.4 is 10.2 Å². The fraction of sp³-hybridized carbons (Fsp3) is 0.438. The van der Waals surface area contributed by atoms with Gasteiger partial charge in [0.1, 0.15) is 11.9 Å². The quantitative estimate of drug-likeness (QED) is 0.779. The van der Waals surface area contributed by atoms with E-state index in [1.54, 1.807) is 18.6 Å². The maximum Gasteiger partial charge on any atom is 0.225 e. The molecule has 2 aromatic heterocycles. The molecule has 1 fully saturated rings. The molecule has 0 spiro atoms. The average molecular weight is 324 g/mol. The van der Waals surface area contributed by atoms with Gasteiger partial charge in [0.25, 0.3) is 0 Å². The minimum Gasteiger partial charge on any atom is -0.369 e. The standard InChI is InChI=1S/C16H20N8/c17-11-14-12-22-15(13-21-14)18-5-2-6-23-7-9-24(10-8-23)16-19-3-1-4-20-16/h1,3-4,12-13H,2,5-10H2,(H,18,22). The summed E-state index contributed by atoms with van der Waals surface area (Å²) in [4.78, 5) is 21.4. The highest BCUT2D eigenvalue weighted by Gasteiger charge is 2.17. The van der Waals surface area contributed by atoms with E-state index in [0.29, 0.717) is 11.5 Å². The molecule has 0 radical (unpaired) electrons. The first-order valence-electron chi connectivity index (χ1n) is 8.05. The molecule has 0 amide bonds. The summed E-state index contributed by atoms with van der Waals surface area (Å²) in [6.45, 7) is 5.84. The number of anilines is 2. The lowest BCUT2D eigenvalue weighted by molar-refractivity contribution is 0.256. The van der Waals surface area contributed by atoms with Crippen molar-refractivity contribution in [2.24, 2.45) is 0 Å². The Morgan fingerprint density at radius 1 is 1.04 bits per heavy atom. The summed E-state index contributed by atoms with van der Waals surface area (Å²) in [6.07, 6.45) is 7.67. The van der Waals surface area contributed by atoms with Crippen molar-refractivity contribution in [1.29, 1.82) is 5.26 Å². The van der Waals surface area contributed by atoms with Gasteiger partial charge in [-0.25, -0.2) is 19.9 Å². The molecule has 124 valence electrons. The average Bonchev–Trinajstić information content (AvgIpc) is 2.67. The van der Waals surface area contributed by atoms with Gasteiger partial charge in [-0.1, -0.05) is 0 Å². The van der Waals surface area contributed by atoms with E-state index in [-0.39, 0.29) is 0 Å². The molecule has 2 aromatic rings. The molecule has 1 N–H and O–H groups in total. The molecule has 8 nitrogen and oxygen atoms in total. The fourth-order valence-corrected chi connectivity index (χ4v) is 2.62. The summed E-state index contributed by atoms with van der Waals surface area (Å²) in [5, 5.41) is 11.9. The Labute approximate surface area is 141 Å². The number of hydrogen-bond acceptors (Lipinski definition) is 8. The lowest BCUT2D eigenvalue weighted by Crippen LogP contribution is -2.47. The number of aromatic nitrogens is 4. The molecule has 3 heterocycles. The van der Waals surface area contributed by atoms with E-state index >= 15 is 0 Å². The SMILES string of the molecule is N#Cc1cnc(NCCCN2CCN(c3ncccn3)CC2)cn1. The lowest BCUT2D eigenvalue weighted by Gasteiger charge is -2.34. The van der Waals surface area contributed by atoms with Crippen LogP contribution >= 0.6 is 0 Å². The van der Waals surface area contributed by atoms with E-state index in [1.165, 1.54) is 6.20 Å². The van der Waals surface area contributed by atoms with Crippen molar-refractivity contribution in [2.45, 2.75) is 6.42 Å². The van der Waals surface area contributed by atoms with E-state index < -0.39 is 0 Å². The number of nitrogens with one attached hydrogen (secondary N) is 1. The van der Waals surface area contributed by atoms with Crippen LogP contribution in [0.15, 0.2) is 30.9 Å². The molecule has 0 aliphatic carbocycles. The van der Waals surface area contributed by atoms with E-state index in [9.17, 15) is 0 Å². The second-order valence-electron chi connectivity index (χ2n) is 5.56. The predicted octanol–water partition coefficient (Wildman–Crippen LogP) is 0.762. The van der Waals surface area contributed by atoms with Gasteiger partial charge in [0.2, 0.25) is 5.95 Å². The van der Waals surface area contributed by atoms with Crippen LogP contribution in [0.5, 0.6) is 0 Å². The van der Waals surface area contributed by atoms with Crippen molar-refractivity contribution in [1.82, 2.24) is 24.8 Å². The zero-order chi connectivity index (χ0) is 16.6. The first kappa shape index (κ1) is 16.1. The lowest BCUT2D eigenvalue weighted by atomic mass is 10.3. The second kappa shape index (κ2) is 8.17. The summed E-state index contributed by atoms with van der Waals surface area (Å²) >= 11 is 0. The molecule has 3 rings (SSSR count). The van der Waals surface area contributed by atoms with Crippen LogP contribution in [0.3, 0.4) is 0 Å². The molecule has 1 saturated heterocycles. The van der Waals surface area contributed by atoms with Crippen LogP contribution in [0.2, 0.25) is 0 Å². The third-order valence-corrected chi connectivity index (χ3v) is 3.93. The minimum atomic E-state index is 0.334. The molecule has 1 aliphatic heterocycles. The first-order valence-corrected chi connectivity index (χ1v) is 8.05. The number of nitriles is 1. The first-order chi connectivity index (χ1) is 11.8. The van der Waals surface area contributed by atoms with Gasteiger partial charge in [-0.15, -0.1) is 0 Å². The van der Waals surface area contributed by atoms with Crippen LogP contribution in [0.4, 0.5) is 11.8 Å². The van der Waals surface area contributed by atoms with Gasteiger partial charge in [0.05, 0.1) is 12.4 Å². The van der Waals surface area contributed by atoms with E-state index in [4.69, 9.17) is 5.26 Å². The van der Waals surface area contributed by atoms with Crippen molar-refractivity contribution in [3.63, 3.8) is 0 Å². The summed E-state index contributed by atoms with van der Waals surface area (Å²) in [5.74, 6) is 1.53. The van der Waals surface area contributed by atoms with Gasteiger partial charge in [0, 0.05) is 45.1 Å². The molecule has 1 aliphatic rings. The minimum absolute atomic E-state index is 0.334. The van der Waals surface area contributed by atoms with Crippen molar-refractivity contribution in [3.8, 4) is 6.07 Å². The Hall–Kier alpha value is -2.79. The van der Waals surface area contributed by atoms with Crippen LogP contribution in [-0.2, 0) is 0 Å². The number of piperazine rings is 1. The summed E-state index contributed by atoms with van der Waals surface area (Å²) < 4.78 is 0. The molecular weight excluding hydrogens is 304 g/mol. The Kier molecular flexibility index (Phi) is 5.48. The highest BCUT2D eigenvalue weighted by Crippen LogP contribution is 2.10. The molecule has 24 heavy (non-hydrogen) atoms. The van der Waals surface area contributed by atoms with Crippen LogP contribution in [0.1, 0.15) is 12.1 Å². The van der Waals surface area contributed by atoms with Gasteiger partial charge in [-0.2, -0.15) is 5.26 Å². The summed E-state index contributed by atoms with van der Waals surface area (Å²) in [7, 11) is 0. The molecule has 0 bridgehead atoms. The zero-order valence-electron chi connectivity index (χ0n) is 13.5. The summed E-state index contributed by atoms with van der Waals surface area (Å²) in [5.41, 5.74) is 0.334. The van der Waals surface area contributed by atoms with Crippen molar-refractivity contribution < 1.29 is 0 Å². The van der Waals surface area contributed by atoms with Crippen molar-refractivity contribution in [2.75, 3.05) is 49.5 Å². The smallest absolute Gasteiger partial charge is 0.225 e. The number of hydrogen-bond donors (Lipinski definition) is 1.